The first kappa shape index (κ1) is 11.7. The van der Waals surface area contributed by atoms with E-state index in [1.54, 1.807) is 0 Å². The fraction of sp³-hybridized carbons (Fsp3) is 0.583. The van der Waals surface area contributed by atoms with Gasteiger partial charge in [0, 0.05) is 19.3 Å². The van der Waals surface area contributed by atoms with Gasteiger partial charge in [0.05, 0.1) is 4.60 Å². The summed E-state index contributed by atoms with van der Waals surface area (Å²) in [5.41, 5.74) is 0. The predicted octanol–water partition coefficient (Wildman–Crippen LogP) is 2.51. The van der Waals surface area contributed by atoms with E-state index in [0.717, 1.165) is 36.5 Å². The Morgan fingerprint density at radius 1 is 1.50 bits per heavy atom. The Bertz CT molecular complexity index is 367. The molecule has 2 rings (SSSR count). The first-order chi connectivity index (χ1) is 7.66. The normalized spacial score (nSPS) is 17.8. The van der Waals surface area contributed by atoms with Crippen LogP contribution in [0.15, 0.2) is 22.9 Å². The third-order valence-electron chi connectivity index (χ3n) is 3.22. The molecule has 0 aliphatic carbocycles. The van der Waals surface area contributed by atoms with Gasteiger partial charge < -0.3 is 9.47 Å². The number of carbonyl (C=O) groups is 1. The maximum atomic E-state index is 12.0. The maximum absolute atomic E-state index is 12.0. The van der Waals surface area contributed by atoms with Crippen molar-refractivity contribution in [3.63, 3.8) is 0 Å². The van der Waals surface area contributed by atoms with Gasteiger partial charge in [0.15, 0.2) is 0 Å². The summed E-state index contributed by atoms with van der Waals surface area (Å²) in [6.07, 6.45) is 4.20. The van der Waals surface area contributed by atoms with Crippen LogP contribution in [0.2, 0.25) is 0 Å². The average molecular weight is 285 g/mol. The minimum atomic E-state index is 0.226. The van der Waals surface area contributed by atoms with Crippen LogP contribution in [0.3, 0.4) is 0 Å². The number of aromatic nitrogens is 1. The molecule has 16 heavy (non-hydrogen) atoms. The smallest absolute Gasteiger partial charge is 0.242 e. The van der Waals surface area contributed by atoms with Crippen LogP contribution in [0.25, 0.3) is 0 Å². The summed E-state index contributed by atoms with van der Waals surface area (Å²) in [5.74, 6) is 0.992. The van der Waals surface area contributed by atoms with Crippen LogP contribution < -0.4 is 0 Å². The molecule has 88 valence electrons. The van der Waals surface area contributed by atoms with Gasteiger partial charge in [-0.25, -0.2) is 0 Å². The Morgan fingerprint density at radius 3 is 2.75 bits per heavy atom. The van der Waals surface area contributed by atoms with Gasteiger partial charge in [-0.3, -0.25) is 4.79 Å². The van der Waals surface area contributed by atoms with E-state index in [1.165, 1.54) is 0 Å². The second-order valence-electron chi connectivity index (χ2n) is 4.52. The van der Waals surface area contributed by atoms with Crippen LogP contribution in [0.5, 0.6) is 0 Å². The molecule has 1 saturated heterocycles. The van der Waals surface area contributed by atoms with Crippen molar-refractivity contribution in [2.45, 2.75) is 26.3 Å². The van der Waals surface area contributed by atoms with Crippen molar-refractivity contribution in [3.8, 4) is 0 Å². The van der Waals surface area contributed by atoms with Crippen LogP contribution in [0.1, 0.15) is 19.8 Å². The van der Waals surface area contributed by atoms with Gasteiger partial charge in [-0.2, -0.15) is 0 Å². The van der Waals surface area contributed by atoms with Gasteiger partial charge >= 0.3 is 0 Å². The topological polar surface area (TPSA) is 25.2 Å². The lowest BCUT2D eigenvalue weighted by Gasteiger charge is -2.30. The standard InChI is InChI=1S/C12H17BrN2O/c1-10-4-7-14(8-5-10)12(16)9-15-6-2-3-11(15)13/h2-3,6,10H,4-5,7-9H2,1H3. The molecule has 0 spiro atoms. The van der Waals surface area contributed by atoms with Gasteiger partial charge in [0.25, 0.3) is 0 Å². The van der Waals surface area contributed by atoms with E-state index in [4.69, 9.17) is 0 Å². The largest absolute Gasteiger partial charge is 0.341 e. The predicted molar refractivity (Wildman–Crippen MR) is 67.1 cm³/mol. The third-order valence-corrected chi connectivity index (χ3v) is 3.94. The molecule has 0 radical (unpaired) electrons. The number of amides is 1. The number of nitrogens with zero attached hydrogens (tertiary/aromatic N) is 2. The second-order valence-corrected chi connectivity index (χ2v) is 5.33. The molecule has 0 aromatic carbocycles. The third kappa shape index (κ3) is 2.67. The van der Waals surface area contributed by atoms with E-state index in [0.29, 0.717) is 6.54 Å². The van der Waals surface area contributed by atoms with Crippen molar-refractivity contribution in [1.29, 1.82) is 0 Å². The lowest BCUT2D eigenvalue weighted by Crippen LogP contribution is -2.39. The molecule has 0 atom stereocenters. The molecule has 0 unspecified atom stereocenters. The first-order valence-corrected chi connectivity index (χ1v) is 6.54. The molecule has 0 bridgehead atoms. The van der Waals surface area contributed by atoms with Crippen LogP contribution in [0.4, 0.5) is 0 Å². The highest BCUT2D eigenvalue weighted by molar-refractivity contribution is 9.10. The molecule has 0 saturated carbocycles. The molecule has 1 aliphatic heterocycles. The minimum Gasteiger partial charge on any atom is -0.341 e. The van der Waals surface area contributed by atoms with E-state index in [1.807, 2.05) is 27.8 Å². The monoisotopic (exact) mass is 284 g/mol. The molecule has 0 N–H and O–H groups in total. The van der Waals surface area contributed by atoms with Crippen molar-refractivity contribution in [1.82, 2.24) is 9.47 Å². The minimum absolute atomic E-state index is 0.226. The van der Waals surface area contributed by atoms with Crippen molar-refractivity contribution in [2.75, 3.05) is 13.1 Å². The Balaban J connectivity index is 1.91. The number of halogens is 1. The van der Waals surface area contributed by atoms with E-state index in [-0.39, 0.29) is 5.91 Å². The summed E-state index contributed by atoms with van der Waals surface area (Å²) >= 11 is 3.42. The lowest BCUT2D eigenvalue weighted by atomic mass is 9.99. The highest BCUT2D eigenvalue weighted by Crippen LogP contribution is 2.17. The Hall–Kier alpha value is -0.770. The highest BCUT2D eigenvalue weighted by atomic mass is 79.9. The summed E-state index contributed by atoms with van der Waals surface area (Å²) in [7, 11) is 0. The number of carbonyl (C=O) groups excluding carboxylic acids is 1. The quantitative estimate of drug-likeness (QED) is 0.819. The van der Waals surface area contributed by atoms with Gasteiger partial charge in [-0.1, -0.05) is 6.92 Å². The van der Waals surface area contributed by atoms with Crippen molar-refractivity contribution in [2.24, 2.45) is 5.92 Å². The van der Waals surface area contributed by atoms with Crippen LogP contribution in [-0.4, -0.2) is 28.5 Å². The summed E-state index contributed by atoms with van der Waals surface area (Å²) in [6.45, 7) is 4.53. The van der Waals surface area contributed by atoms with E-state index >= 15 is 0 Å². The fourth-order valence-corrected chi connectivity index (χ4v) is 2.42. The SMILES string of the molecule is CC1CCN(C(=O)Cn2cccc2Br)CC1. The van der Waals surface area contributed by atoms with Crippen molar-refractivity contribution < 1.29 is 4.79 Å². The van der Waals surface area contributed by atoms with Crippen molar-refractivity contribution in [3.05, 3.63) is 22.9 Å². The molecular formula is C12H17BrN2O. The Kier molecular flexibility index (Phi) is 3.69. The van der Waals surface area contributed by atoms with Crippen LogP contribution in [-0.2, 0) is 11.3 Å². The van der Waals surface area contributed by atoms with Gasteiger partial charge in [-0.15, -0.1) is 0 Å². The van der Waals surface area contributed by atoms with E-state index in [9.17, 15) is 4.79 Å². The number of hydrogen-bond acceptors (Lipinski definition) is 1. The summed E-state index contributed by atoms with van der Waals surface area (Å²) in [5, 5.41) is 0. The van der Waals surface area contributed by atoms with E-state index < -0.39 is 0 Å². The molecule has 3 nitrogen and oxygen atoms in total. The molecule has 1 amide bonds. The van der Waals surface area contributed by atoms with Gasteiger partial charge in [0.1, 0.15) is 6.54 Å². The van der Waals surface area contributed by atoms with Crippen LogP contribution in [0, 0.1) is 5.92 Å². The van der Waals surface area contributed by atoms with Gasteiger partial charge in [-0.05, 0) is 46.8 Å². The van der Waals surface area contributed by atoms with Gasteiger partial charge in [0.2, 0.25) is 5.91 Å². The Labute approximate surface area is 105 Å². The van der Waals surface area contributed by atoms with Crippen LogP contribution >= 0.6 is 15.9 Å². The Morgan fingerprint density at radius 2 is 2.19 bits per heavy atom. The number of piperidine rings is 1. The molecule has 4 heteroatoms. The molecule has 1 fully saturated rings. The fourth-order valence-electron chi connectivity index (χ4n) is 2.03. The molecule has 2 heterocycles. The zero-order chi connectivity index (χ0) is 11.5. The summed E-state index contributed by atoms with van der Waals surface area (Å²) in [4.78, 5) is 14.0. The lowest BCUT2D eigenvalue weighted by molar-refractivity contribution is -0.133. The second kappa shape index (κ2) is 5.04. The number of hydrogen-bond donors (Lipinski definition) is 0. The molecular weight excluding hydrogens is 268 g/mol. The molecule has 1 aliphatic rings. The zero-order valence-electron chi connectivity index (χ0n) is 9.53. The summed E-state index contributed by atoms with van der Waals surface area (Å²) in [6, 6.07) is 3.89. The molecule has 1 aromatic heterocycles. The first-order valence-electron chi connectivity index (χ1n) is 5.75. The highest BCUT2D eigenvalue weighted by Gasteiger charge is 2.20. The number of likely N-dealkylation sites (tertiary alicyclic amines) is 1. The zero-order valence-corrected chi connectivity index (χ0v) is 11.1. The van der Waals surface area contributed by atoms with Crippen molar-refractivity contribution >= 4 is 21.8 Å². The maximum Gasteiger partial charge on any atom is 0.242 e. The van der Waals surface area contributed by atoms with E-state index in [2.05, 4.69) is 22.9 Å². The molecule has 1 aromatic rings. The summed E-state index contributed by atoms with van der Waals surface area (Å²) < 4.78 is 2.90. The average Bonchev–Trinajstić information content (AvgIpc) is 2.65. The number of rotatable bonds is 2.